The van der Waals surface area contributed by atoms with Crippen molar-refractivity contribution in [2.45, 2.75) is 25.4 Å². The maximum Gasteiger partial charge on any atom is 0.269 e. The molecule has 3 rings (SSSR count). The third-order valence-corrected chi connectivity index (χ3v) is 3.65. The molecule has 1 aliphatic carbocycles. The fourth-order valence-electron chi connectivity index (χ4n) is 1.96. The van der Waals surface area contributed by atoms with Gasteiger partial charge in [0.05, 0.1) is 5.69 Å². The van der Waals surface area contributed by atoms with Crippen LogP contribution in [0.1, 0.15) is 28.9 Å². The van der Waals surface area contributed by atoms with Gasteiger partial charge in [-0.15, -0.1) is 0 Å². The van der Waals surface area contributed by atoms with Gasteiger partial charge >= 0.3 is 0 Å². The van der Waals surface area contributed by atoms with Crippen molar-refractivity contribution in [1.29, 1.82) is 0 Å². The Bertz CT molecular complexity index is 648. The molecule has 1 fully saturated rings. The Hall–Kier alpha value is -1.85. The minimum atomic E-state index is -0.542. The molecule has 6 heteroatoms. The molecule has 1 aromatic carbocycles. The number of amides is 1. The Morgan fingerprint density at radius 1 is 1.45 bits per heavy atom. The molecule has 1 saturated carbocycles. The highest BCUT2D eigenvalue weighted by atomic mass is 35.5. The maximum absolute atomic E-state index is 11.0. The van der Waals surface area contributed by atoms with Gasteiger partial charge in [0.2, 0.25) is 0 Å². The van der Waals surface area contributed by atoms with Crippen LogP contribution in [0, 0.1) is 0 Å². The lowest BCUT2D eigenvalue weighted by Crippen LogP contribution is -2.15. The number of carbonyl (C=O) groups is 1. The van der Waals surface area contributed by atoms with Crippen molar-refractivity contribution in [2.75, 3.05) is 0 Å². The first-order valence-corrected chi connectivity index (χ1v) is 6.89. The number of rotatable bonds is 5. The number of hydrogen-bond donors (Lipinski definition) is 2. The van der Waals surface area contributed by atoms with E-state index in [0.717, 1.165) is 17.8 Å². The normalized spacial score (nSPS) is 14.4. The summed E-state index contributed by atoms with van der Waals surface area (Å²) in [5.41, 5.74) is 7.28. The molecule has 0 atom stereocenters. The first-order valence-electron chi connectivity index (χ1n) is 6.51. The second kappa shape index (κ2) is 5.26. The molecule has 1 aliphatic rings. The molecule has 0 unspecified atom stereocenters. The number of benzene rings is 1. The van der Waals surface area contributed by atoms with Crippen LogP contribution in [0.15, 0.2) is 30.5 Å². The van der Waals surface area contributed by atoms with E-state index in [0.29, 0.717) is 11.1 Å². The van der Waals surface area contributed by atoms with Gasteiger partial charge in [-0.25, -0.2) is 4.68 Å². The van der Waals surface area contributed by atoms with Gasteiger partial charge in [-0.2, -0.15) is 5.10 Å². The largest absolute Gasteiger partial charge is 0.364 e. The van der Waals surface area contributed by atoms with Gasteiger partial charge in [0.1, 0.15) is 5.69 Å². The van der Waals surface area contributed by atoms with Crippen molar-refractivity contribution in [1.82, 2.24) is 15.1 Å². The Balaban J connectivity index is 1.79. The fraction of sp³-hybridized carbons (Fsp3) is 0.286. The number of nitrogens with one attached hydrogen (secondary N) is 1. The van der Waals surface area contributed by atoms with Gasteiger partial charge in [-0.05, 0) is 36.6 Å². The molecule has 1 amide bonds. The average molecular weight is 291 g/mol. The molecule has 1 heterocycles. The third-order valence-electron chi connectivity index (χ3n) is 3.30. The summed E-state index contributed by atoms with van der Waals surface area (Å²) in [7, 11) is 0. The van der Waals surface area contributed by atoms with Crippen LogP contribution in [0.3, 0.4) is 0 Å². The van der Waals surface area contributed by atoms with E-state index in [9.17, 15) is 4.79 Å². The molecule has 3 N–H and O–H groups in total. The van der Waals surface area contributed by atoms with Gasteiger partial charge in [-0.1, -0.05) is 17.7 Å². The van der Waals surface area contributed by atoms with Crippen molar-refractivity contribution in [3.05, 3.63) is 46.7 Å². The van der Waals surface area contributed by atoms with Crippen molar-refractivity contribution in [2.24, 2.45) is 5.73 Å². The third kappa shape index (κ3) is 2.84. The minimum absolute atomic E-state index is 0.237. The molecule has 0 spiro atoms. The number of hydrogen-bond acceptors (Lipinski definition) is 3. The van der Waals surface area contributed by atoms with Crippen molar-refractivity contribution < 1.29 is 4.79 Å². The standard InChI is InChI=1S/C14H15ClN4O/c15-12-7-11(19-6-5-13(18-19)14(16)20)4-1-9(12)8-17-10-2-3-10/h1,4-7,10,17H,2-3,8H2,(H2,16,20). The molecular formula is C14H15ClN4O. The van der Waals surface area contributed by atoms with Crippen LogP contribution in [-0.4, -0.2) is 21.7 Å². The highest BCUT2D eigenvalue weighted by Gasteiger charge is 2.20. The molecule has 0 radical (unpaired) electrons. The van der Waals surface area contributed by atoms with Gasteiger partial charge < -0.3 is 11.1 Å². The lowest BCUT2D eigenvalue weighted by atomic mass is 10.2. The van der Waals surface area contributed by atoms with Crippen LogP contribution in [0.5, 0.6) is 0 Å². The van der Waals surface area contributed by atoms with E-state index in [4.69, 9.17) is 17.3 Å². The fourth-order valence-corrected chi connectivity index (χ4v) is 2.20. The van der Waals surface area contributed by atoms with E-state index in [-0.39, 0.29) is 5.69 Å². The molecule has 104 valence electrons. The number of aromatic nitrogens is 2. The Morgan fingerprint density at radius 2 is 2.25 bits per heavy atom. The SMILES string of the molecule is NC(=O)c1ccn(-c2ccc(CNC3CC3)c(Cl)c2)n1. The maximum atomic E-state index is 11.0. The van der Waals surface area contributed by atoms with Crippen molar-refractivity contribution in [3.8, 4) is 5.69 Å². The van der Waals surface area contributed by atoms with Crippen LogP contribution < -0.4 is 11.1 Å². The smallest absolute Gasteiger partial charge is 0.269 e. The van der Waals surface area contributed by atoms with Gasteiger partial charge in [0.15, 0.2) is 0 Å². The van der Waals surface area contributed by atoms with Gasteiger partial charge in [-0.3, -0.25) is 4.79 Å². The second-order valence-electron chi connectivity index (χ2n) is 4.94. The summed E-state index contributed by atoms with van der Waals surface area (Å²) in [6, 6.07) is 7.96. The summed E-state index contributed by atoms with van der Waals surface area (Å²) in [6.45, 7) is 0.773. The summed E-state index contributed by atoms with van der Waals surface area (Å²) in [5.74, 6) is -0.542. The minimum Gasteiger partial charge on any atom is -0.364 e. The van der Waals surface area contributed by atoms with Crippen molar-refractivity contribution >= 4 is 17.5 Å². The Labute approximate surface area is 121 Å². The summed E-state index contributed by atoms with van der Waals surface area (Å²) >= 11 is 6.28. The summed E-state index contributed by atoms with van der Waals surface area (Å²) in [6.07, 6.45) is 4.19. The van der Waals surface area contributed by atoms with Crippen molar-refractivity contribution in [3.63, 3.8) is 0 Å². The first kappa shape index (κ1) is 13.1. The van der Waals surface area contributed by atoms with Crippen LogP contribution in [0.2, 0.25) is 5.02 Å². The van der Waals surface area contributed by atoms with E-state index in [2.05, 4.69) is 10.4 Å². The van der Waals surface area contributed by atoms with E-state index in [1.165, 1.54) is 12.8 Å². The zero-order valence-electron chi connectivity index (χ0n) is 10.8. The van der Waals surface area contributed by atoms with Gasteiger partial charge in [0.25, 0.3) is 5.91 Å². The number of halogens is 1. The predicted octanol–water partition coefficient (Wildman–Crippen LogP) is 1.88. The molecule has 0 saturated heterocycles. The van der Waals surface area contributed by atoms with Crippen LogP contribution >= 0.6 is 11.6 Å². The molecule has 0 aliphatic heterocycles. The highest BCUT2D eigenvalue weighted by Crippen LogP contribution is 2.23. The lowest BCUT2D eigenvalue weighted by Gasteiger charge is -2.08. The number of nitrogens with two attached hydrogens (primary N) is 1. The van der Waals surface area contributed by atoms with E-state index in [1.54, 1.807) is 16.9 Å². The lowest BCUT2D eigenvalue weighted by molar-refractivity contribution is 0.0995. The predicted molar refractivity (Wildman–Crippen MR) is 77.0 cm³/mol. The van der Waals surface area contributed by atoms with Crippen LogP contribution in [0.25, 0.3) is 5.69 Å². The van der Waals surface area contributed by atoms with Crippen LogP contribution in [0.4, 0.5) is 0 Å². The zero-order valence-corrected chi connectivity index (χ0v) is 11.6. The molecule has 0 bridgehead atoms. The summed E-state index contributed by atoms with van der Waals surface area (Å²) < 4.78 is 1.59. The molecule has 20 heavy (non-hydrogen) atoms. The number of primary amides is 1. The highest BCUT2D eigenvalue weighted by molar-refractivity contribution is 6.31. The van der Waals surface area contributed by atoms with Gasteiger partial charge in [0, 0.05) is 23.8 Å². The molecule has 2 aromatic rings. The summed E-state index contributed by atoms with van der Waals surface area (Å²) in [5, 5.41) is 8.21. The van der Waals surface area contributed by atoms with E-state index < -0.39 is 5.91 Å². The number of carbonyl (C=O) groups excluding carboxylic acids is 1. The Kier molecular flexibility index (Phi) is 3.46. The van der Waals surface area contributed by atoms with E-state index in [1.807, 2.05) is 18.2 Å². The Morgan fingerprint density at radius 3 is 2.85 bits per heavy atom. The molecular weight excluding hydrogens is 276 g/mol. The quantitative estimate of drug-likeness (QED) is 0.883. The first-order chi connectivity index (χ1) is 9.63. The molecule has 5 nitrogen and oxygen atoms in total. The van der Waals surface area contributed by atoms with E-state index >= 15 is 0 Å². The monoisotopic (exact) mass is 290 g/mol. The molecule has 1 aromatic heterocycles. The summed E-state index contributed by atoms with van der Waals surface area (Å²) in [4.78, 5) is 11.0. The average Bonchev–Trinajstić information content (AvgIpc) is 3.11. The zero-order chi connectivity index (χ0) is 14.1. The second-order valence-corrected chi connectivity index (χ2v) is 5.35. The number of nitrogens with zero attached hydrogens (tertiary/aromatic N) is 2. The van der Waals surface area contributed by atoms with Crippen LogP contribution in [-0.2, 0) is 6.54 Å². The topological polar surface area (TPSA) is 72.9 Å².